The molecule has 0 atom stereocenters. The van der Waals surface area contributed by atoms with E-state index in [9.17, 15) is 4.79 Å². The summed E-state index contributed by atoms with van der Waals surface area (Å²) in [6, 6.07) is 6.15. The van der Waals surface area contributed by atoms with Crippen LogP contribution in [0.1, 0.15) is 30.0 Å². The van der Waals surface area contributed by atoms with Crippen molar-refractivity contribution in [2.45, 2.75) is 34.1 Å². The van der Waals surface area contributed by atoms with Gasteiger partial charge in [0.15, 0.2) is 0 Å². The Bertz CT molecular complexity index is 653. The quantitative estimate of drug-likeness (QED) is 0.886. The van der Waals surface area contributed by atoms with Crippen LogP contribution in [-0.4, -0.2) is 22.7 Å². The zero-order valence-corrected chi connectivity index (χ0v) is 14.2. The number of rotatable bonds is 6. The zero-order valence-electron chi connectivity index (χ0n) is 13.3. The minimum Gasteiger partial charge on any atom is -0.493 e. The van der Waals surface area contributed by atoms with Gasteiger partial charge in [0.1, 0.15) is 10.8 Å². The second-order valence-corrected chi connectivity index (χ2v) is 6.57. The summed E-state index contributed by atoms with van der Waals surface area (Å²) in [6.07, 6.45) is 0.669. The summed E-state index contributed by atoms with van der Waals surface area (Å²) in [6.45, 7) is 8.29. The van der Waals surface area contributed by atoms with Gasteiger partial charge in [-0.1, -0.05) is 37.3 Å². The lowest BCUT2D eigenvalue weighted by Crippen LogP contribution is -2.17. The van der Waals surface area contributed by atoms with Crippen molar-refractivity contribution in [1.29, 1.82) is 0 Å². The van der Waals surface area contributed by atoms with Crippen molar-refractivity contribution in [1.82, 2.24) is 10.2 Å². The highest BCUT2D eigenvalue weighted by molar-refractivity contribution is 7.15. The first-order chi connectivity index (χ1) is 10.5. The fourth-order valence-corrected chi connectivity index (χ4v) is 2.49. The number of amides is 1. The van der Waals surface area contributed by atoms with Gasteiger partial charge in [-0.2, -0.15) is 0 Å². The van der Waals surface area contributed by atoms with Gasteiger partial charge >= 0.3 is 0 Å². The predicted octanol–water partition coefficient (Wildman–Crippen LogP) is 3.37. The topological polar surface area (TPSA) is 64.1 Å². The Hall–Kier alpha value is -1.95. The van der Waals surface area contributed by atoms with Crippen LogP contribution in [0.15, 0.2) is 18.2 Å². The van der Waals surface area contributed by atoms with Crippen molar-refractivity contribution >= 4 is 22.4 Å². The molecule has 0 saturated carbocycles. The lowest BCUT2D eigenvalue weighted by Gasteiger charge is -2.08. The zero-order chi connectivity index (χ0) is 16.1. The standard InChI is InChI=1S/C16H21N3O2S/c1-10(2)15(20)17-16-19-18-14(22-16)7-8-21-13-9-11(3)5-6-12(13)4/h5-6,9-10H,7-8H2,1-4H3,(H,17,19,20). The number of carbonyl (C=O) groups is 1. The molecule has 2 rings (SSSR count). The third-order valence-electron chi connectivity index (χ3n) is 3.14. The summed E-state index contributed by atoms with van der Waals surface area (Å²) in [5.74, 6) is 0.784. The number of ether oxygens (including phenoxy) is 1. The van der Waals surface area contributed by atoms with Crippen molar-refractivity contribution < 1.29 is 9.53 Å². The minimum absolute atomic E-state index is 0.0469. The van der Waals surface area contributed by atoms with E-state index in [0.717, 1.165) is 16.3 Å². The molecule has 5 nitrogen and oxygen atoms in total. The number of aromatic nitrogens is 2. The molecule has 0 unspecified atom stereocenters. The number of benzene rings is 1. The van der Waals surface area contributed by atoms with Crippen LogP contribution in [0.4, 0.5) is 5.13 Å². The fraction of sp³-hybridized carbons (Fsp3) is 0.438. The smallest absolute Gasteiger partial charge is 0.228 e. The number of hydrogen-bond acceptors (Lipinski definition) is 5. The Morgan fingerprint density at radius 1 is 1.32 bits per heavy atom. The van der Waals surface area contributed by atoms with E-state index in [1.54, 1.807) is 0 Å². The highest BCUT2D eigenvalue weighted by Crippen LogP contribution is 2.20. The van der Waals surface area contributed by atoms with Gasteiger partial charge in [-0.15, -0.1) is 10.2 Å². The molecule has 6 heteroatoms. The maximum atomic E-state index is 11.6. The molecule has 1 N–H and O–H groups in total. The van der Waals surface area contributed by atoms with Gasteiger partial charge in [0.25, 0.3) is 0 Å². The van der Waals surface area contributed by atoms with Crippen LogP contribution in [0.3, 0.4) is 0 Å². The van der Waals surface area contributed by atoms with Crippen molar-refractivity contribution in [2.75, 3.05) is 11.9 Å². The van der Waals surface area contributed by atoms with Crippen LogP contribution >= 0.6 is 11.3 Å². The van der Waals surface area contributed by atoms with Crippen LogP contribution in [0, 0.1) is 19.8 Å². The molecule has 0 aliphatic rings. The SMILES string of the molecule is Cc1ccc(C)c(OCCc2nnc(NC(=O)C(C)C)s2)c1. The number of nitrogens with one attached hydrogen (secondary N) is 1. The van der Waals surface area contributed by atoms with E-state index in [0.29, 0.717) is 18.2 Å². The van der Waals surface area contributed by atoms with E-state index >= 15 is 0 Å². The van der Waals surface area contributed by atoms with Gasteiger partial charge < -0.3 is 10.1 Å². The van der Waals surface area contributed by atoms with E-state index in [4.69, 9.17) is 4.74 Å². The lowest BCUT2D eigenvalue weighted by atomic mass is 10.1. The van der Waals surface area contributed by atoms with Gasteiger partial charge in [0.05, 0.1) is 6.61 Å². The monoisotopic (exact) mass is 319 g/mol. The Kier molecular flexibility index (Phi) is 5.49. The molecule has 1 amide bonds. The van der Waals surface area contributed by atoms with E-state index in [-0.39, 0.29) is 11.8 Å². The maximum Gasteiger partial charge on any atom is 0.228 e. The average molecular weight is 319 g/mol. The van der Waals surface area contributed by atoms with Gasteiger partial charge in [0.2, 0.25) is 11.0 Å². The molecule has 2 aromatic rings. The number of nitrogens with zero attached hydrogens (tertiary/aromatic N) is 2. The Morgan fingerprint density at radius 3 is 2.82 bits per heavy atom. The van der Waals surface area contributed by atoms with E-state index < -0.39 is 0 Å². The second-order valence-electron chi connectivity index (χ2n) is 5.51. The van der Waals surface area contributed by atoms with Gasteiger partial charge in [0, 0.05) is 12.3 Å². The molecular formula is C16H21N3O2S. The summed E-state index contributed by atoms with van der Waals surface area (Å²) in [7, 11) is 0. The highest BCUT2D eigenvalue weighted by Gasteiger charge is 2.11. The van der Waals surface area contributed by atoms with Crippen LogP contribution in [0.5, 0.6) is 5.75 Å². The number of anilines is 1. The van der Waals surface area contributed by atoms with E-state index in [2.05, 4.69) is 27.6 Å². The molecule has 0 spiro atoms. The van der Waals surface area contributed by atoms with Crippen LogP contribution in [-0.2, 0) is 11.2 Å². The van der Waals surface area contributed by atoms with Crippen LogP contribution in [0.2, 0.25) is 0 Å². The van der Waals surface area contributed by atoms with Crippen molar-refractivity contribution in [2.24, 2.45) is 5.92 Å². The summed E-state index contributed by atoms with van der Waals surface area (Å²) >= 11 is 1.39. The van der Waals surface area contributed by atoms with Crippen LogP contribution in [0.25, 0.3) is 0 Å². The summed E-state index contributed by atoms with van der Waals surface area (Å²) < 4.78 is 5.80. The Balaban J connectivity index is 1.86. The molecule has 0 radical (unpaired) electrons. The largest absolute Gasteiger partial charge is 0.493 e. The molecule has 1 aromatic heterocycles. The lowest BCUT2D eigenvalue weighted by molar-refractivity contribution is -0.118. The molecule has 1 heterocycles. The second kappa shape index (κ2) is 7.35. The molecule has 118 valence electrons. The molecule has 1 aromatic carbocycles. The maximum absolute atomic E-state index is 11.6. The Morgan fingerprint density at radius 2 is 2.09 bits per heavy atom. The van der Waals surface area contributed by atoms with Gasteiger partial charge in [-0.05, 0) is 31.0 Å². The first kappa shape index (κ1) is 16.4. The number of aryl methyl sites for hydroxylation is 2. The number of carbonyl (C=O) groups excluding carboxylic acids is 1. The third-order valence-corrected chi connectivity index (χ3v) is 4.04. The molecule has 0 aliphatic heterocycles. The predicted molar refractivity (Wildman–Crippen MR) is 88.5 cm³/mol. The number of hydrogen-bond donors (Lipinski definition) is 1. The normalized spacial score (nSPS) is 10.8. The molecular weight excluding hydrogens is 298 g/mol. The Labute approximate surface area is 134 Å². The van der Waals surface area contributed by atoms with Crippen LogP contribution < -0.4 is 10.1 Å². The van der Waals surface area contributed by atoms with Gasteiger partial charge in [-0.25, -0.2) is 0 Å². The van der Waals surface area contributed by atoms with Crippen molar-refractivity contribution in [3.8, 4) is 5.75 Å². The summed E-state index contributed by atoms with van der Waals surface area (Å²) in [5.41, 5.74) is 2.29. The van der Waals surface area contributed by atoms with Gasteiger partial charge in [-0.3, -0.25) is 4.79 Å². The molecule has 22 heavy (non-hydrogen) atoms. The summed E-state index contributed by atoms with van der Waals surface area (Å²) in [4.78, 5) is 11.6. The first-order valence-corrected chi connectivity index (χ1v) is 8.10. The third kappa shape index (κ3) is 4.53. The van der Waals surface area contributed by atoms with Crippen molar-refractivity contribution in [3.05, 3.63) is 34.3 Å². The van der Waals surface area contributed by atoms with Crippen molar-refractivity contribution in [3.63, 3.8) is 0 Å². The summed E-state index contributed by atoms with van der Waals surface area (Å²) in [5, 5.41) is 12.2. The van der Waals surface area contributed by atoms with E-state index in [1.165, 1.54) is 16.9 Å². The average Bonchev–Trinajstić information content (AvgIpc) is 2.90. The highest BCUT2D eigenvalue weighted by atomic mass is 32.1. The molecule has 0 bridgehead atoms. The fourth-order valence-electron chi connectivity index (χ4n) is 1.77. The van der Waals surface area contributed by atoms with E-state index in [1.807, 2.05) is 33.8 Å². The molecule has 0 fully saturated rings. The molecule has 0 aliphatic carbocycles. The first-order valence-electron chi connectivity index (χ1n) is 7.29. The molecule has 0 saturated heterocycles. The minimum atomic E-state index is -0.0695.